The van der Waals surface area contributed by atoms with Crippen molar-refractivity contribution < 1.29 is 9.53 Å². The van der Waals surface area contributed by atoms with Crippen molar-refractivity contribution in [3.8, 4) is 0 Å². The monoisotopic (exact) mass is 255 g/mol. The number of ether oxygens (including phenoxy) is 1. The van der Waals surface area contributed by atoms with Gasteiger partial charge in [-0.05, 0) is 26.2 Å². The maximum Gasteiger partial charge on any atom is 0.239 e. The molecule has 2 heterocycles. The Bertz CT molecular complexity index is 279. The number of carbonyl (C=O) groups excluding carboxylic acids is 1. The maximum atomic E-state index is 12.4. The molecule has 2 N–H and O–H groups in total. The quantitative estimate of drug-likeness (QED) is 0.774. The molecule has 2 aliphatic heterocycles. The minimum atomic E-state index is -0.0407. The summed E-state index contributed by atoms with van der Waals surface area (Å²) in [5.41, 5.74) is 5.64. The van der Waals surface area contributed by atoms with Gasteiger partial charge in [0.1, 0.15) is 0 Å². The number of rotatable bonds is 3. The lowest BCUT2D eigenvalue weighted by Crippen LogP contribution is -2.54. The van der Waals surface area contributed by atoms with Crippen LogP contribution in [0.4, 0.5) is 0 Å². The van der Waals surface area contributed by atoms with Crippen molar-refractivity contribution in [2.45, 2.75) is 38.3 Å². The molecule has 0 aliphatic carbocycles. The first-order valence-electron chi connectivity index (χ1n) is 7.07. The normalized spacial score (nSPS) is 28.1. The second-order valence-electron chi connectivity index (χ2n) is 5.29. The molecule has 1 amide bonds. The van der Waals surface area contributed by atoms with Crippen LogP contribution in [0.15, 0.2) is 0 Å². The third-order valence-corrected chi connectivity index (χ3v) is 4.01. The molecule has 0 aromatic heterocycles. The molecule has 2 saturated heterocycles. The van der Waals surface area contributed by atoms with Crippen LogP contribution in [0.1, 0.15) is 26.2 Å². The first-order chi connectivity index (χ1) is 8.72. The van der Waals surface area contributed by atoms with E-state index in [1.807, 2.05) is 11.8 Å². The van der Waals surface area contributed by atoms with Crippen molar-refractivity contribution in [2.24, 2.45) is 5.73 Å². The van der Waals surface area contributed by atoms with Gasteiger partial charge in [0.2, 0.25) is 5.91 Å². The zero-order valence-corrected chi connectivity index (χ0v) is 11.3. The fraction of sp³-hybridized carbons (Fsp3) is 0.923. The van der Waals surface area contributed by atoms with E-state index in [0.29, 0.717) is 13.2 Å². The predicted octanol–water partition coefficient (Wildman–Crippen LogP) is 0.0469. The zero-order valence-electron chi connectivity index (χ0n) is 11.3. The molecule has 2 atom stereocenters. The Hall–Kier alpha value is -0.650. The highest BCUT2D eigenvalue weighted by Gasteiger charge is 2.30. The van der Waals surface area contributed by atoms with Crippen LogP contribution in [-0.4, -0.2) is 67.2 Å². The molecule has 0 aromatic carbocycles. The molecule has 5 nitrogen and oxygen atoms in total. The van der Waals surface area contributed by atoms with Gasteiger partial charge in [-0.25, -0.2) is 0 Å². The van der Waals surface area contributed by atoms with E-state index in [2.05, 4.69) is 4.90 Å². The number of carbonyl (C=O) groups is 1. The third-order valence-electron chi connectivity index (χ3n) is 4.01. The highest BCUT2D eigenvalue weighted by molar-refractivity contribution is 5.81. The van der Waals surface area contributed by atoms with Gasteiger partial charge in [0.05, 0.1) is 18.8 Å². The molecule has 0 saturated carbocycles. The van der Waals surface area contributed by atoms with E-state index < -0.39 is 0 Å². The Kier molecular flexibility index (Phi) is 4.97. The molecule has 2 rings (SSSR count). The largest absolute Gasteiger partial charge is 0.374 e. The summed E-state index contributed by atoms with van der Waals surface area (Å²) in [5.74, 6) is 0.271. The first kappa shape index (κ1) is 13.8. The summed E-state index contributed by atoms with van der Waals surface area (Å²) in [4.78, 5) is 16.6. The average molecular weight is 255 g/mol. The van der Waals surface area contributed by atoms with Crippen LogP contribution in [0.2, 0.25) is 0 Å². The Morgan fingerprint density at radius 1 is 1.33 bits per heavy atom. The number of morpholine rings is 1. The Morgan fingerprint density at radius 2 is 2.06 bits per heavy atom. The SMILES string of the molecule is CC(C(=O)N1CCCCC1)N1CCOC(CN)C1. The highest BCUT2D eigenvalue weighted by atomic mass is 16.5. The number of hydrogen-bond acceptors (Lipinski definition) is 4. The van der Waals surface area contributed by atoms with E-state index in [9.17, 15) is 4.79 Å². The second-order valence-corrected chi connectivity index (χ2v) is 5.29. The molecular weight excluding hydrogens is 230 g/mol. The molecule has 2 unspecified atom stereocenters. The van der Waals surface area contributed by atoms with Crippen molar-refractivity contribution in [1.29, 1.82) is 0 Å². The van der Waals surface area contributed by atoms with Crippen LogP contribution in [0.25, 0.3) is 0 Å². The molecule has 18 heavy (non-hydrogen) atoms. The topological polar surface area (TPSA) is 58.8 Å². The summed E-state index contributed by atoms with van der Waals surface area (Å²) >= 11 is 0. The van der Waals surface area contributed by atoms with Crippen LogP contribution in [0, 0.1) is 0 Å². The summed E-state index contributed by atoms with van der Waals surface area (Å²) in [7, 11) is 0. The van der Waals surface area contributed by atoms with Crippen LogP contribution in [-0.2, 0) is 9.53 Å². The Balaban J connectivity index is 1.88. The molecule has 2 fully saturated rings. The van der Waals surface area contributed by atoms with Crippen molar-refractivity contribution in [2.75, 3.05) is 39.3 Å². The van der Waals surface area contributed by atoms with E-state index in [4.69, 9.17) is 10.5 Å². The smallest absolute Gasteiger partial charge is 0.239 e. The van der Waals surface area contributed by atoms with Gasteiger partial charge in [0.15, 0.2) is 0 Å². The summed E-state index contributed by atoms with van der Waals surface area (Å²) in [6.45, 7) is 6.67. The number of likely N-dealkylation sites (tertiary alicyclic amines) is 1. The summed E-state index contributed by atoms with van der Waals surface area (Å²) in [6.07, 6.45) is 3.63. The zero-order chi connectivity index (χ0) is 13.0. The third kappa shape index (κ3) is 3.22. The fourth-order valence-corrected chi connectivity index (χ4v) is 2.77. The fourth-order valence-electron chi connectivity index (χ4n) is 2.77. The molecular formula is C13H25N3O2. The van der Waals surface area contributed by atoms with Gasteiger partial charge in [-0.15, -0.1) is 0 Å². The second kappa shape index (κ2) is 6.50. The Morgan fingerprint density at radius 3 is 2.72 bits per heavy atom. The Labute approximate surface area is 109 Å². The summed E-state index contributed by atoms with van der Waals surface area (Å²) in [6, 6.07) is -0.0407. The summed E-state index contributed by atoms with van der Waals surface area (Å²) < 4.78 is 5.54. The van der Waals surface area contributed by atoms with E-state index >= 15 is 0 Å². The van der Waals surface area contributed by atoms with Crippen LogP contribution in [0.5, 0.6) is 0 Å². The molecule has 0 radical (unpaired) electrons. The minimum Gasteiger partial charge on any atom is -0.374 e. The van der Waals surface area contributed by atoms with E-state index in [0.717, 1.165) is 39.0 Å². The lowest BCUT2D eigenvalue weighted by molar-refractivity contribution is -0.140. The maximum absolute atomic E-state index is 12.4. The molecule has 0 bridgehead atoms. The number of amides is 1. The van der Waals surface area contributed by atoms with Gasteiger partial charge in [-0.2, -0.15) is 0 Å². The van der Waals surface area contributed by atoms with Gasteiger partial charge in [0.25, 0.3) is 0 Å². The lowest BCUT2D eigenvalue weighted by Gasteiger charge is -2.38. The van der Waals surface area contributed by atoms with Crippen molar-refractivity contribution in [3.05, 3.63) is 0 Å². The van der Waals surface area contributed by atoms with E-state index in [-0.39, 0.29) is 18.1 Å². The highest BCUT2D eigenvalue weighted by Crippen LogP contribution is 2.14. The number of nitrogens with two attached hydrogens (primary N) is 1. The minimum absolute atomic E-state index is 0.0407. The average Bonchev–Trinajstić information content (AvgIpc) is 2.46. The molecule has 0 aromatic rings. The van der Waals surface area contributed by atoms with Crippen molar-refractivity contribution in [3.63, 3.8) is 0 Å². The number of piperidine rings is 1. The number of hydrogen-bond donors (Lipinski definition) is 1. The van der Waals surface area contributed by atoms with Crippen LogP contribution in [0.3, 0.4) is 0 Å². The van der Waals surface area contributed by atoms with Crippen molar-refractivity contribution in [1.82, 2.24) is 9.80 Å². The predicted molar refractivity (Wildman–Crippen MR) is 70.3 cm³/mol. The van der Waals surface area contributed by atoms with Crippen LogP contribution < -0.4 is 5.73 Å². The van der Waals surface area contributed by atoms with E-state index in [1.165, 1.54) is 6.42 Å². The van der Waals surface area contributed by atoms with Gasteiger partial charge in [0, 0.05) is 32.7 Å². The summed E-state index contributed by atoms with van der Waals surface area (Å²) in [5, 5.41) is 0. The van der Waals surface area contributed by atoms with E-state index in [1.54, 1.807) is 0 Å². The van der Waals surface area contributed by atoms with Gasteiger partial charge in [-0.1, -0.05) is 0 Å². The van der Waals surface area contributed by atoms with Gasteiger partial charge >= 0.3 is 0 Å². The van der Waals surface area contributed by atoms with Gasteiger partial charge in [-0.3, -0.25) is 9.69 Å². The molecule has 104 valence electrons. The first-order valence-corrected chi connectivity index (χ1v) is 7.07. The lowest BCUT2D eigenvalue weighted by atomic mass is 10.1. The van der Waals surface area contributed by atoms with Gasteiger partial charge < -0.3 is 15.4 Å². The number of nitrogens with zero attached hydrogens (tertiary/aromatic N) is 2. The molecule has 5 heteroatoms. The van der Waals surface area contributed by atoms with Crippen molar-refractivity contribution >= 4 is 5.91 Å². The van der Waals surface area contributed by atoms with Crippen LogP contribution >= 0.6 is 0 Å². The molecule has 2 aliphatic rings. The standard InChI is InChI=1S/C13H25N3O2/c1-11(13(17)15-5-3-2-4-6-15)16-7-8-18-12(9-14)10-16/h11-12H,2-10,14H2,1H3. The molecule has 0 spiro atoms.